The fourth-order valence-electron chi connectivity index (χ4n) is 1.90. The summed E-state index contributed by atoms with van der Waals surface area (Å²) in [4.78, 5) is 35.2. The lowest BCUT2D eigenvalue weighted by atomic mass is 10.2. The van der Waals surface area contributed by atoms with E-state index >= 15 is 0 Å². The molecule has 0 spiro atoms. The van der Waals surface area contributed by atoms with Crippen molar-refractivity contribution < 1.29 is 19.5 Å². The van der Waals surface area contributed by atoms with E-state index in [0.717, 1.165) is 0 Å². The fourth-order valence-corrected chi connectivity index (χ4v) is 1.90. The minimum absolute atomic E-state index is 0.00737. The summed E-state index contributed by atoms with van der Waals surface area (Å²) in [6.45, 7) is 3.91. The van der Waals surface area contributed by atoms with Gasteiger partial charge in [0.05, 0.1) is 6.54 Å². The first-order chi connectivity index (χ1) is 8.41. The lowest BCUT2D eigenvalue weighted by Gasteiger charge is -2.21. The summed E-state index contributed by atoms with van der Waals surface area (Å²) in [6, 6.07) is -1.27. The van der Waals surface area contributed by atoms with E-state index in [0.29, 0.717) is 19.4 Å². The standard InChI is InChI=1S/C11H19N3O4/c1-7(2)13-9(15)6-12-11(18)14-5-3-4-8(14)10(16)17/h7-8H,3-6H2,1-2H3,(H,12,18)(H,13,15)(H,16,17). The highest BCUT2D eigenvalue weighted by molar-refractivity contribution is 5.87. The van der Waals surface area contributed by atoms with E-state index in [-0.39, 0.29) is 18.5 Å². The third-order valence-electron chi connectivity index (χ3n) is 2.65. The number of urea groups is 1. The molecule has 1 heterocycles. The summed E-state index contributed by atoms with van der Waals surface area (Å²) >= 11 is 0. The number of carbonyl (C=O) groups excluding carboxylic acids is 2. The van der Waals surface area contributed by atoms with Crippen molar-refractivity contribution in [2.75, 3.05) is 13.1 Å². The largest absolute Gasteiger partial charge is 0.480 e. The maximum absolute atomic E-state index is 11.7. The lowest BCUT2D eigenvalue weighted by Crippen LogP contribution is -2.49. The smallest absolute Gasteiger partial charge is 0.326 e. The molecule has 0 bridgehead atoms. The van der Waals surface area contributed by atoms with Gasteiger partial charge in [-0.25, -0.2) is 9.59 Å². The summed E-state index contributed by atoms with van der Waals surface area (Å²) in [5.41, 5.74) is 0. The van der Waals surface area contributed by atoms with Gasteiger partial charge in [-0.15, -0.1) is 0 Å². The van der Waals surface area contributed by atoms with E-state index in [1.54, 1.807) is 0 Å². The minimum atomic E-state index is -1.01. The zero-order valence-corrected chi connectivity index (χ0v) is 10.6. The molecule has 1 saturated heterocycles. The SMILES string of the molecule is CC(C)NC(=O)CNC(=O)N1CCCC1C(=O)O. The van der Waals surface area contributed by atoms with Crippen molar-refractivity contribution in [2.24, 2.45) is 0 Å². The number of nitrogens with one attached hydrogen (secondary N) is 2. The molecule has 0 aromatic heterocycles. The first-order valence-corrected chi connectivity index (χ1v) is 5.98. The Morgan fingerprint density at radius 1 is 1.39 bits per heavy atom. The summed E-state index contributed by atoms with van der Waals surface area (Å²) in [7, 11) is 0. The van der Waals surface area contributed by atoms with Gasteiger partial charge in [0, 0.05) is 12.6 Å². The van der Waals surface area contributed by atoms with E-state index in [1.807, 2.05) is 13.8 Å². The quantitative estimate of drug-likeness (QED) is 0.647. The predicted molar refractivity (Wildman–Crippen MR) is 64.0 cm³/mol. The van der Waals surface area contributed by atoms with Crippen LogP contribution in [-0.2, 0) is 9.59 Å². The molecular weight excluding hydrogens is 238 g/mol. The van der Waals surface area contributed by atoms with E-state index in [4.69, 9.17) is 5.11 Å². The second-order valence-corrected chi connectivity index (χ2v) is 4.57. The maximum Gasteiger partial charge on any atom is 0.326 e. The molecule has 1 unspecified atom stereocenters. The maximum atomic E-state index is 11.7. The molecular formula is C11H19N3O4. The number of aliphatic carboxylic acids is 1. The lowest BCUT2D eigenvalue weighted by molar-refractivity contribution is -0.141. The highest BCUT2D eigenvalue weighted by Crippen LogP contribution is 2.16. The van der Waals surface area contributed by atoms with Crippen molar-refractivity contribution in [3.8, 4) is 0 Å². The van der Waals surface area contributed by atoms with Crippen LogP contribution in [0.2, 0.25) is 0 Å². The summed E-state index contributed by atoms with van der Waals surface area (Å²) in [5, 5.41) is 14.0. The number of likely N-dealkylation sites (tertiary alicyclic amines) is 1. The second-order valence-electron chi connectivity index (χ2n) is 4.57. The van der Waals surface area contributed by atoms with Crippen LogP contribution in [0.25, 0.3) is 0 Å². The van der Waals surface area contributed by atoms with Crippen LogP contribution < -0.4 is 10.6 Å². The van der Waals surface area contributed by atoms with Crippen molar-refractivity contribution in [2.45, 2.75) is 38.8 Å². The molecule has 1 atom stereocenters. The summed E-state index contributed by atoms with van der Waals surface area (Å²) in [6.07, 6.45) is 1.13. The van der Waals surface area contributed by atoms with Crippen LogP contribution in [0.1, 0.15) is 26.7 Å². The third-order valence-corrected chi connectivity index (χ3v) is 2.65. The Labute approximate surface area is 106 Å². The average Bonchev–Trinajstić information content (AvgIpc) is 2.73. The molecule has 102 valence electrons. The molecule has 1 rings (SSSR count). The zero-order valence-electron chi connectivity index (χ0n) is 10.6. The number of carboxylic acid groups (broad SMARTS) is 1. The molecule has 0 saturated carbocycles. The number of carboxylic acids is 1. The number of hydrogen-bond acceptors (Lipinski definition) is 3. The van der Waals surface area contributed by atoms with Gasteiger partial charge >= 0.3 is 12.0 Å². The molecule has 7 heteroatoms. The zero-order chi connectivity index (χ0) is 13.7. The average molecular weight is 257 g/mol. The van der Waals surface area contributed by atoms with Crippen LogP contribution in [-0.4, -0.2) is 53.1 Å². The first kappa shape index (κ1) is 14.3. The van der Waals surface area contributed by atoms with Crippen LogP contribution in [0, 0.1) is 0 Å². The molecule has 3 N–H and O–H groups in total. The van der Waals surface area contributed by atoms with Crippen molar-refractivity contribution in [3.05, 3.63) is 0 Å². The predicted octanol–water partition coefficient (Wildman–Crippen LogP) is -0.230. The highest BCUT2D eigenvalue weighted by atomic mass is 16.4. The number of carbonyl (C=O) groups is 3. The number of amides is 3. The van der Waals surface area contributed by atoms with Crippen molar-refractivity contribution in [3.63, 3.8) is 0 Å². The number of nitrogens with zero attached hydrogens (tertiary/aromatic N) is 1. The van der Waals surface area contributed by atoms with Gasteiger partial charge in [0.15, 0.2) is 0 Å². The van der Waals surface area contributed by atoms with Gasteiger partial charge in [0.1, 0.15) is 6.04 Å². The van der Waals surface area contributed by atoms with E-state index in [1.165, 1.54) is 4.90 Å². The monoisotopic (exact) mass is 257 g/mol. The van der Waals surface area contributed by atoms with Crippen LogP contribution in [0.3, 0.4) is 0 Å². The Morgan fingerprint density at radius 2 is 2.06 bits per heavy atom. The third kappa shape index (κ3) is 3.90. The Hall–Kier alpha value is -1.79. The second kappa shape index (κ2) is 6.23. The molecule has 3 amide bonds. The molecule has 0 aliphatic carbocycles. The van der Waals surface area contributed by atoms with Crippen molar-refractivity contribution >= 4 is 17.9 Å². The summed E-state index contributed by atoms with van der Waals surface area (Å²) in [5.74, 6) is -1.29. The van der Waals surface area contributed by atoms with E-state index < -0.39 is 18.0 Å². The van der Waals surface area contributed by atoms with Gasteiger partial charge < -0.3 is 20.6 Å². The highest BCUT2D eigenvalue weighted by Gasteiger charge is 2.33. The molecule has 0 aromatic carbocycles. The Balaban J connectivity index is 2.41. The molecule has 1 aliphatic heterocycles. The Morgan fingerprint density at radius 3 is 2.61 bits per heavy atom. The van der Waals surface area contributed by atoms with Crippen molar-refractivity contribution in [1.29, 1.82) is 0 Å². The Bertz CT molecular complexity index is 343. The van der Waals surface area contributed by atoms with E-state index in [2.05, 4.69) is 10.6 Å². The van der Waals surface area contributed by atoms with Gasteiger partial charge in [0.25, 0.3) is 0 Å². The molecule has 0 aromatic rings. The fraction of sp³-hybridized carbons (Fsp3) is 0.727. The Kier molecular flexibility index (Phi) is 4.94. The van der Waals surface area contributed by atoms with Crippen LogP contribution in [0.15, 0.2) is 0 Å². The molecule has 1 aliphatic rings. The van der Waals surface area contributed by atoms with Gasteiger partial charge in [-0.2, -0.15) is 0 Å². The van der Waals surface area contributed by atoms with Crippen molar-refractivity contribution in [1.82, 2.24) is 15.5 Å². The van der Waals surface area contributed by atoms with Gasteiger partial charge in [-0.05, 0) is 26.7 Å². The normalized spacial score (nSPS) is 18.8. The number of hydrogen-bond donors (Lipinski definition) is 3. The molecule has 18 heavy (non-hydrogen) atoms. The molecule has 1 fully saturated rings. The van der Waals surface area contributed by atoms with Gasteiger partial charge in [0.2, 0.25) is 5.91 Å². The van der Waals surface area contributed by atoms with Gasteiger partial charge in [-0.1, -0.05) is 0 Å². The molecule has 7 nitrogen and oxygen atoms in total. The minimum Gasteiger partial charge on any atom is -0.480 e. The van der Waals surface area contributed by atoms with Crippen LogP contribution in [0.4, 0.5) is 4.79 Å². The summed E-state index contributed by atoms with van der Waals surface area (Å²) < 4.78 is 0. The number of rotatable bonds is 4. The van der Waals surface area contributed by atoms with Gasteiger partial charge in [-0.3, -0.25) is 4.79 Å². The topological polar surface area (TPSA) is 98.7 Å². The first-order valence-electron chi connectivity index (χ1n) is 5.98. The van der Waals surface area contributed by atoms with E-state index in [9.17, 15) is 14.4 Å². The van der Waals surface area contributed by atoms with Crippen LogP contribution >= 0.6 is 0 Å². The van der Waals surface area contributed by atoms with Crippen LogP contribution in [0.5, 0.6) is 0 Å². The molecule has 0 radical (unpaired) electrons.